The van der Waals surface area contributed by atoms with Gasteiger partial charge in [-0.1, -0.05) is 36.4 Å². The number of hydrogen-bond donors (Lipinski definition) is 1. The summed E-state index contributed by atoms with van der Waals surface area (Å²) in [6, 6.07) is 18.9. The molecule has 92 valence electrons. The molecule has 0 heterocycles. The molecule has 2 rings (SSSR count). The second-order valence-corrected chi connectivity index (χ2v) is 4.14. The van der Waals surface area contributed by atoms with E-state index in [1.165, 1.54) is 0 Å². The first-order chi connectivity index (χ1) is 8.71. The second-order valence-electron chi connectivity index (χ2n) is 4.14. The molecule has 0 aliphatic heterocycles. The summed E-state index contributed by atoms with van der Waals surface area (Å²) >= 11 is 0. The number of nitrogens with two attached hydrogens (primary N) is 1. The van der Waals surface area contributed by atoms with Crippen LogP contribution in [0.5, 0.6) is 0 Å². The van der Waals surface area contributed by atoms with E-state index in [1.54, 1.807) is 0 Å². The normalized spacial score (nSPS) is 11.2. The minimum Gasteiger partial charge on any atom is -0.318 e. The Balaban J connectivity index is 2.65. The highest BCUT2D eigenvalue weighted by Crippen LogP contribution is 2.33. The van der Waals surface area contributed by atoms with Crippen molar-refractivity contribution in [1.82, 2.24) is 4.48 Å². The average molecular weight is 241 g/mol. The van der Waals surface area contributed by atoms with Crippen LogP contribution < -0.4 is 10.2 Å². The molecule has 2 N–H and O–H groups in total. The van der Waals surface area contributed by atoms with E-state index >= 15 is 0 Å². The van der Waals surface area contributed by atoms with Gasteiger partial charge in [0.1, 0.15) is 11.4 Å². The van der Waals surface area contributed by atoms with Gasteiger partial charge in [-0.05, 0) is 6.92 Å². The van der Waals surface area contributed by atoms with Crippen LogP contribution in [0.15, 0.2) is 60.7 Å². The summed E-state index contributed by atoms with van der Waals surface area (Å²) in [7, 11) is 0. The number of quaternary nitrogens is 1. The third-order valence-electron chi connectivity index (χ3n) is 3.24. The van der Waals surface area contributed by atoms with Crippen molar-refractivity contribution >= 4 is 17.4 Å². The van der Waals surface area contributed by atoms with Crippen molar-refractivity contribution in [2.75, 3.05) is 6.54 Å². The van der Waals surface area contributed by atoms with Crippen LogP contribution in [-0.2, 0) is 0 Å². The smallest absolute Gasteiger partial charge is 0.318 e. The molecular weight excluding hydrogens is 224 g/mol. The minimum atomic E-state index is -0.366. The molecule has 0 spiro atoms. The lowest BCUT2D eigenvalue weighted by Gasteiger charge is -2.31. The molecule has 2 amide bonds. The molecule has 0 aliphatic rings. The molecule has 0 aromatic heterocycles. The number of para-hydroxylation sites is 2. The Labute approximate surface area is 107 Å². The summed E-state index contributed by atoms with van der Waals surface area (Å²) in [6.07, 6.45) is 0. The predicted octanol–water partition coefficient (Wildman–Crippen LogP) is 3.42. The lowest BCUT2D eigenvalue weighted by atomic mass is 10.2. The van der Waals surface area contributed by atoms with E-state index < -0.39 is 0 Å². The fourth-order valence-electron chi connectivity index (χ4n) is 2.29. The van der Waals surface area contributed by atoms with Crippen LogP contribution in [0.2, 0.25) is 0 Å². The van der Waals surface area contributed by atoms with Gasteiger partial charge in [0.15, 0.2) is 0 Å². The largest absolute Gasteiger partial charge is 0.424 e. The monoisotopic (exact) mass is 241 g/mol. The van der Waals surface area contributed by atoms with Crippen molar-refractivity contribution < 1.29 is 4.79 Å². The van der Waals surface area contributed by atoms with E-state index in [2.05, 4.69) is 0 Å². The van der Waals surface area contributed by atoms with Crippen molar-refractivity contribution in [3.63, 3.8) is 0 Å². The maximum Gasteiger partial charge on any atom is 0.424 e. The summed E-state index contributed by atoms with van der Waals surface area (Å²) in [4.78, 5) is 12.0. The number of hydrogen-bond acceptors (Lipinski definition) is 1. The quantitative estimate of drug-likeness (QED) is 0.822. The standard InChI is InChI=1S/C15H16N2O/c1-2-17(15(16)18,13-9-5-3-6-10-13)14-11-7-4-8-12-14/h3-12H,2H2,1H3,(H-,16,18)/p+1. The van der Waals surface area contributed by atoms with Crippen LogP contribution in [0.4, 0.5) is 16.2 Å². The summed E-state index contributed by atoms with van der Waals surface area (Å²) in [6.45, 7) is 2.55. The summed E-state index contributed by atoms with van der Waals surface area (Å²) < 4.78 is 0.0433. The minimum absolute atomic E-state index is 0.0433. The van der Waals surface area contributed by atoms with Gasteiger partial charge in [-0.2, -0.15) is 4.48 Å². The molecule has 0 atom stereocenters. The van der Waals surface area contributed by atoms with Crippen molar-refractivity contribution in [3.8, 4) is 0 Å². The highest BCUT2D eigenvalue weighted by atomic mass is 16.2. The average Bonchev–Trinajstić information content (AvgIpc) is 2.42. The summed E-state index contributed by atoms with van der Waals surface area (Å²) in [5.74, 6) is 0. The number of carbonyl (C=O) groups excluding carboxylic acids is 1. The zero-order chi connectivity index (χ0) is 13.0. The number of urea groups is 1. The van der Waals surface area contributed by atoms with Gasteiger partial charge in [0.2, 0.25) is 0 Å². The fourth-order valence-corrected chi connectivity index (χ4v) is 2.29. The van der Waals surface area contributed by atoms with Crippen LogP contribution in [0.1, 0.15) is 6.92 Å². The topological polar surface area (TPSA) is 43.1 Å². The molecule has 0 unspecified atom stereocenters. The van der Waals surface area contributed by atoms with E-state index in [9.17, 15) is 4.79 Å². The Morgan fingerprint density at radius 2 is 1.33 bits per heavy atom. The van der Waals surface area contributed by atoms with Gasteiger partial charge in [0.25, 0.3) is 0 Å². The molecule has 2 aromatic carbocycles. The highest BCUT2D eigenvalue weighted by molar-refractivity contribution is 5.92. The van der Waals surface area contributed by atoms with Crippen molar-refractivity contribution in [3.05, 3.63) is 60.7 Å². The lowest BCUT2D eigenvalue weighted by Crippen LogP contribution is -2.52. The van der Waals surface area contributed by atoms with E-state index in [0.717, 1.165) is 11.4 Å². The zero-order valence-electron chi connectivity index (χ0n) is 10.4. The van der Waals surface area contributed by atoms with Crippen LogP contribution in [0, 0.1) is 0 Å². The zero-order valence-corrected chi connectivity index (χ0v) is 10.4. The molecule has 0 fully saturated rings. The molecule has 0 saturated heterocycles. The maximum absolute atomic E-state index is 12.0. The molecule has 18 heavy (non-hydrogen) atoms. The Bertz CT molecular complexity index is 483. The van der Waals surface area contributed by atoms with E-state index in [-0.39, 0.29) is 10.5 Å². The van der Waals surface area contributed by atoms with Gasteiger partial charge < -0.3 is 5.73 Å². The number of carbonyl (C=O) groups is 1. The van der Waals surface area contributed by atoms with Crippen LogP contribution in [0.25, 0.3) is 0 Å². The number of amides is 2. The summed E-state index contributed by atoms with van der Waals surface area (Å²) in [5, 5.41) is 0. The van der Waals surface area contributed by atoms with Crippen LogP contribution in [-0.4, -0.2) is 12.6 Å². The van der Waals surface area contributed by atoms with E-state index in [1.807, 2.05) is 67.6 Å². The maximum atomic E-state index is 12.0. The molecule has 3 heteroatoms. The molecule has 0 radical (unpaired) electrons. The number of benzene rings is 2. The predicted molar refractivity (Wildman–Crippen MR) is 74.5 cm³/mol. The van der Waals surface area contributed by atoms with E-state index in [4.69, 9.17) is 5.73 Å². The first-order valence-electron chi connectivity index (χ1n) is 6.01. The van der Waals surface area contributed by atoms with Gasteiger partial charge >= 0.3 is 6.03 Å². The Morgan fingerprint density at radius 3 is 1.61 bits per heavy atom. The Hall–Kier alpha value is -2.13. The number of primary amides is 1. The van der Waals surface area contributed by atoms with Crippen molar-refractivity contribution in [2.45, 2.75) is 6.92 Å². The summed E-state index contributed by atoms with van der Waals surface area (Å²) in [5.41, 5.74) is 7.45. The lowest BCUT2D eigenvalue weighted by molar-refractivity contribution is 0.228. The van der Waals surface area contributed by atoms with Gasteiger partial charge in [0.05, 0.1) is 6.54 Å². The second kappa shape index (κ2) is 5.02. The SMILES string of the molecule is CC[N+](C(N)=O)(c1ccccc1)c1ccccc1. The van der Waals surface area contributed by atoms with Gasteiger partial charge in [-0.3, -0.25) is 0 Å². The Morgan fingerprint density at radius 1 is 0.944 bits per heavy atom. The molecule has 0 bridgehead atoms. The van der Waals surface area contributed by atoms with Gasteiger partial charge in [0, 0.05) is 24.3 Å². The molecule has 2 aromatic rings. The van der Waals surface area contributed by atoms with Crippen molar-refractivity contribution in [1.29, 1.82) is 0 Å². The highest BCUT2D eigenvalue weighted by Gasteiger charge is 2.38. The number of rotatable bonds is 3. The molecule has 0 saturated carbocycles. The Kier molecular flexibility index (Phi) is 3.44. The third-order valence-corrected chi connectivity index (χ3v) is 3.24. The van der Waals surface area contributed by atoms with Crippen molar-refractivity contribution in [2.24, 2.45) is 5.73 Å². The third kappa shape index (κ3) is 1.89. The first-order valence-corrected chi connectivity index (χ1v) is 6.01. The fraction of sp³-hybridized carbons (Fsp3) is 0.133. The van der Waals surface area contributed by atoms with Crippen LogP contribution >= 0.6 is 0 Å². The molecular formula is C15H17N2O+. The van der Waals surface area contributed by atoms with Gasteiger partial charge in [-0.15, -0.1) is 0 Å². The molecule has 3 nitrogen and oxygen atoms in total. The molecule has 0 aliphatic carbocycles. The number of nitrogens with zero attached hydrogens (tertiary/aromatic N) is 1. The van der Waals surface area contributed by atoms with E-state index in [0.29, 0.717) is 6.54 Å². The van der Waals surface area contributed by atoms with Gasteiger partial charge in [-0.25, -0.2) is 4.79 Å². The first kappa shape index (κ1) is 12.3. The van der Waals surface area contributed by atoms with Crippen LogP contribution in [0.3, 0.4) is 0 Å².